The van der Waals surface area contributed by atoms with Crippen LogP contribution in [-0.2, 0) is 4.79 Å². The van der Waals surface area contributed by atoms with Crippen molar-refractivity contribution in [1.29, 1.82) is 5.26 Å². The second kappa shape index (κ2) is 6.80. The lowest BCUT2D eigenvalue weighted by Gasteiger charge is -2.29. The predicted molar refractivity (Wildman–Crippen MR) is 77.9 cm³/mol. The predicted octanol–water partition coefficient (Wildman–Crippen LogP) is 2.54. The number of rotatable bonds is 4. The van der Waals surface area contributed by atoms with E-state index in [4.69, 9.17) is 10.00 Å². The number of amides is 1. The average Bonchev–Trinajstić information content (AvgIpc) is 2.49. The van der Waals surface area contributed by atoms with Crippen molar-refractivity contribution >= 4 is 17.3 Å². The number of nitrogens with one attached hydrogen (secondary N) is 1. The lowest BCUT2D eigenvalue weighted by atomic mass is 10.1. The van der Waals surface area contributed by atoms with Crippen molar-refractivity contribution in [2.45, 2.75) is 25.7 Å². The lowest BCUT2D eigenvalue weighted by molar-refractivity contribution is -0.115. The summed E-state index contributed by atoms with van der Waals surface area (Å²) in [6.07, 6.45) is 3.55. The molecule has 5 nitrogen and oxygen atoms in total. The number of hydrogen-bond donors (Lipinski definition) is 1. The number of carbonyl (C=O) groups is 1. The van der Waals surface area contributed by atoms with E-state index < -0.39 is 0 Å². The van der Waals surface area contributed by atoms with Gasteiger partial charge in [0.15, 0.2) is 0 Å². The molecule has 1 amide bonds. The van der Waals surface area contributed by atoms with E-state index in [1.165, 1.54) is 19.3 Å². The van der Waals surface area contributed by atoms with Crippen LogP contribution in [0.4, 0.5) is 11.4 Å². The topological polar surface area (TPSA) is 65.4 Å². The molecule has 2 rings (SSSR count). The Kier molecular flexibility index (Phi) is 4.83. The molecule has 0 aliphatic carbocycles. The Morgan fingerprint density at radius 1 is 1.40 bits per heavy atom. The van der Waals surface area contributed by atoms with E-state index in [2.05, 4.69) is 10.2 Å². The maximum absolute atomic E-state index is 11.5. The van der Waals surface area contributed by atoms with Crippen LogP contribution >= 0.6 is 0 Å². The van der Waals surface area contributed by atoms with E-state index >= 15 is 0 Å². The van der Waals surface area contributed by atoms with Crippen LogP contribution in [0, 0.1) is 11.3 Å². The molecule has 0 radical (unpaired) electrons. The van der Waals surface area contributed by atoms with Gasteiger partial charge in [0.1, 0.15) is 12.2 Å². The van der Waals surface area contributed by atoms with Gasteiger partial charge in [-0.25, -0.2) is 0 Å². The molecule has 1 aromatic carbocycles. The van der Waals surface area contributed by atoms with E-state index in [1.54, 1.807) is 7.11 Å². The average molecular weight is 273 g/mol. The summed E-state index contributed by atoms with van der Waals surface area (Å²) in [7, 11) is 1.58. The van der Waals surface area contributed by atoms with Crippen molar-refractivity contribution in [2.24, 2.45) is 0 Å². The fourth-order valence-corrected chi connectivity index (χ4v) is 2.40. The van der Waals surface area contributed by atoms with Gasteiger partial charge in [-0.1, -0.05) is 0 Å². The maximum Gasteiger partial charge on any atom is 0.238 e. The van der Waals surface area contributed by atoms with E-state index in [0.29, 0.717) is 11.4 Å². The highest BCUT2D eigenvalue weighted by Crippen LogP contribution is 2.31. The van der Waals surface area contributed by atoms with Gasteiger partial charge >= 0.3 is 0 Å². The zero-order chi connectivity index (χ0) is 14.4. The molecule has 0 spiro atoms. The minimum atomic E-state index is -0.323. The highest BCUT2D eigenvalue weighted by molar-refractivity contribution is 5.93. The van der Waals surface area contributed by atoms with E-state index in [0.717, 1.165) is 18.8 Å². The van der Waals surface area contributed by atoms with Gasteiger partial charge in [0, 0.05) is 24.8 Å². The van der Waals surface area contributed by atoms with Crippen LogP contribution in [0.15, 0.2) is 18.2 Å². The first kappa shape index (κ1) is 14.2. The van der Waals surface area contributed by atoms with E-state index in [9.17, 15) is 4.79 Å². The fraction of sp³-hybridized carbons (Fsp3) is 0.467. The summed E-state index contributed by atoms with van der Waals surface area (Å²) < 4.78 is 5.33. The van der Waals surface area contributed by atoms with Crippen LogP contribution in [0.25, 0.3) is 0 Å². The molecule has 1 aromatic rings. The summed E-state index contributed by atoms with van der Waals surface area (Å²) in [4.78, 5) is 13.8. The Bertz CT molecular complexity index is 516. The normalized spacial score (nSPS) is 14.5. The Morgan fingerprint density at radius 3 is 2.80 bits per heavy atom. The molecule has 0 bridgehead atoms. The van der Waals surface area contributed by atoms with Crippen molar-refractivity contribution in [3.8, 4) is 11.8 Å². The van der Waals surface area contributed by atoms with Gasteiger partial charge in [-0.3, -0.25) is 4.79 Å². The Morgan fingerprint density at radius 2 is 2.15 bits per heavy atom. The van der Waals surface area contributed by atoms with Gasteiger partial charge < -0.3 is 15.0 Å². The highest BCUT2D eigenvalue weighted by Gasteiger charge is 2.14. The Hall–Kier alpha value is -2.22. The summed E-state index contributed by atoms with van der Waals surface area (Å²) in [6, 6.07) is 7.58. The minimum absolute atomic E-state index is 0.156. The van der Waals surface area contributed by atoms with Crippen LogP contribution in [0.1, 0.15) is 25.7 Å². The molecule has 20 heavy (non-hydrogen) atoms. The van der Waals surface area contributed by atoms with Crippen LogP contribution in [0.2, 0.25) is 0 Å². The highest BCUT2D eigenvalue weighted by atomic mass is 16.5. The van der Waals surface area contributed by atoms with Gasteiger partial charge in [0.25, 0.3) is 0 Å². The maximum atomic E-state index is 11.5. The molecule has 1 N–H and O–H groups in total. The molecule has 1 aliphatic heterocycles. The van der Waals surface area contributed by atoms with Crippen LogP contribution in [0.5, 0.6) is 5.75 Å². The third-order valence-electron chi connectivity index (χ3n) is 3.42. The van der Waals surface area contributed by atoms with Crippen LogP contribution in [-0.4, -0.2) is 26.1 Å². The molecule has 0 saturated carbocycles. The molecule has 0 aromatic heterocycles. The zero-order valence-corrected chi connectivity index (χ0v) is 11.7. The smallest absolute Gasteiger partial charge is 0.238 e. The molecule has 1 saturated heterocycles. The van der Waals surface area contributed by atoms with Gasteiger partial charge in [0.05, 0.1) is 18.9 Å². The number of benzene rings is 1. The monoisotopic (exact) mass is 273 g/mol. The molecule has 1 heterocycles. The largest absolute Gasteiger partial charge is 0.494 e. The molecule has 5 heteroatoms. The first-order chi connectivity index (χ1) is 9.74. The molecule has 1 aliphatic rings. The van der Waals surface area contributed by atoms with Gasteiger partial charge in [-0.15, -0.1) is 0 Å². The Labute approximate surface area is 119 Å². The Balaban J connectivity index is 2.15. The molecule has 0 unspecified atom stereocenters. The first-order valence-corrected chi connectivity index (χ1v) is 6.84. The van der Waals surface area contributed by atoms with Gasteiger partial charge in [0.2, 0.25) is 5.91 Å². The zero-order valence-electron chi connectivity index (χ0n) is 11.7. The summed E-state index contributed by atoms with van der Waals surface area (Å²) in [5, 5.41) is 11.2. The van der Waals surface area contributed by atoms with Crippen molar-refractivity contribution in [1.82, 2.24) is 0 Å². The van der Waals surface area contributed by atoms with Gasteiger partial charge in [-0.05, 0) is 31.4 Å². The molecule has 1 fully saturated rings. The summed E-state index contributed by atoms with van der Waals surface area (Å²) in [5.41, 5.74) is 1.72. The van der Waals surface area contributed by atoms with Crippen molar-refractivity contribution in [2.75, 3.05) is 30.4 Å². The molecule has 106 valence electrons. The molecular formula is C15H19N3O2. The SMILES string of the molecule is COc1cc(N2CCCCC2)ccc1NC(=O)CC#N. The standard InChI is InChI=1S/C15H19N3O2/c1-20-14-11-12(18-9-3-2-4-10-18)5-6-13(14)17-15(19)7-8-16/h5-6,11H,2-4,7,9-10H2,1H3,(H,17,19). The second-order valence-electron chi connectivity index (χ2n) is 4.82. The summed E-state index contributed by atoms with van der Waals surface area (Å²) >= 11 is 0. The number of anilines is 2. The first-order valence-electron chi connectivity index (χ1n) is 6.84. The van der Waals surface area contributed by atoms with Crippen molar-refractivity contribution in [3.63, 3.8) is 0 Å². The third-order valence-corrected chi connectivity index (χ3v) is 3.42. The number of methoxy groups -OCH3 is 1. The molecule has 0 atom stereocenters. The number of nitrogens with zero attached hydrogens (tertiary/aromatic N) is 2. The fourth-order valence-electron chi connectivity index (χ4n) is 2.40. The third kappa shape index (κ3) is 3.41. The lowest BCUT2D eigenvalue weighted by Crippen LogP contribution is -2.29. The quantitative estimate of drug-likeness (QED) is 0.915. The van der Waals surface area contributed by atoms with E-state index in [-0.39, 0.29) is 12.3 Å². The number of nitriles is 1. The number of piperidine rings is 1. The van der Waals surface area contributed by atoms with E-state index in [1.807, 2.05) is 24.3 Å². The number of carbonyl (C=O) groups excluding carboxylic acids is 1. The number of hydrogen-bond acceptors (Lipinski definition) is 4. The van der Waals surface area contributed by atoms with Gasteiger partial charge in [-0.2, -0.15) is 5.26 Å². The van der Waals surface area contributed by atoms with Crippen LogP contribution in [0.3, 0.4) is 0 Å². The number of ether oxygens (including phenoxy) is 1. The van der Waals surface area contributed by atoms with Crippen molar-refractivity contribution < 1.29 is 9.53 Å². The van der Waals surface area contributed by atoms with Crippen LogP contribution < -0.4 is 15.0 Å². The summed E-state index contributed by atoms with van der Waals surface area (Å²) in [5.74, 6) is 0.302. The molecular weight excluding hydrogens is 254 g/mol. The van der Waals surface area contributed by atoms with Crippen molar-refractivity contribution in [3.05, 3.63) is 18.2 Å². The minimum Gasteiger partial charge on any atom is -0.494 e. The second-order valence-corrected chi connectivity index (χ2v) is 4.82. The summed E-state index contributed by atoms with van der Waals surface area (Å²) in [6.45, 7) is 2.12.